The minimum atomic E-state index is -0.740. The highest BCUT2D eigenvalue weighted by atomic mass is 19.1. The van der Waals surface area contributed by atoms with Crippen molar-refractivity contribution in [3.8, 4) is 5.75 Å². The average Bonchev–Trinajstić information content (AvgIpc) is 2.99. The van der Waals surface area contributed by atoms with Crippen molar-refractivity contribution in [2.75, 3.05) is 33.8 Å². The number of nitrogens with zero attached hydrogens (tertiary/aromatic N) is 4. The molecule has 2 atom stereocenters. The van der Waals surface area contributed by atoms with Crippen molar-refractivity contribution in [1.82, 2.24) is 19.6 Å². The lowest BCUT2D eigenvalue weighted by molar-refractivity contribution is -0.0685. The summed E-state index contributed by atoms with van der Waals surface area (Å²) in [5.74, 6) is -1.38. The van der Waals surface area contributed by atoms with Gasteiger partial charge in [0, 0.05) is 38.0 Å². The van der Waals surface area contributed by atoms with Gasteiger partial charge in [-0.25, -0.2) is 4.39 Å². The Kier molecular flexibility index (Phi) is 5.24. The number of aromatic hydroxyl groups is 1. The van der Waals surface area contributed by atoms with Gasteiger partial charge in [-0.2, -0.15) is 5.10 Å². The summed E-state index contributed by atoms with van der Waals surface area (Å²) < 4.78 is 21.8. The number of benzene rings is 1. The normalized spacial score (nSPS) is 20.6. The van der Waals surface area contributed by atoms with Crippen molar-refractivity contribution in [2.24, 2.45) is 7.05 Å². The third kappa shape index (κ3) is 3.71. The van der Waals surface area contributed by atoms with E-state index in [9.17, 15) is 14.3 Å². The Morgan fingerprint density at radius 1 is 1.46 bits per heavy atom. The molecule has 1 saturated heterocycles. The van der Waals surface area contributed by atoms with E-state index in [4.69, 9.17) is 4.74 Å². The predicted octanol–water partition coefficient (Wildman–Crippen LogP) is 1.41. The van der Waals surface area contributed by atoms with Crippen molar-refractivity contribution in [2.45, 2.75) is 12.1 Å². The molecule has 1 aromatic heterocycles. The van der Waals surface area contributed by atoms with Gasteiger partial charge in [-0.1, -0.05) is 0 Å². The van der Waals surface area contributed by atoms with E-state index in [0.29, 0.717) is 19.7 Å². The van der Waals surface area contributed by atoms with Crippen molar-refractivity contribution >= 4 is 5.91 Å². The van der Waals surface area contributed by atoms with Gasteiger partial charge in [-0.3, -0.25) is 9.48 Å². The summed E-state index contributed by atoms with van der Waals surface area (Å²) in [5, 5.41) is 13.6. The number of ether oxygens (including phenoxy) is 1. The number of carbonyl (C=O) groups is 1. The molecule has 8 heteroatoms. The van der Waals surface area contributed by atoms with Crippen molar-refractivity contribution in [1.29, 1.82) is 0 Å². The number of halogens is 1. The maximum absolute atomic E-state index is 14.2. The van der Waals surface area contributed by atoms with Gasteiger partial charge in [0.05, 0.1) is 30.5 Å². The molecule has 0 radical (unpaired) electrons. The lowest BCUT2D eigenvalue weighted by Crippen LogP contribution is -2.51. The van der Waals surface area contributed by atoms with E-state index in [1.807, 2.05) is 25.2 Å². The molecule has 0 bridgehead atoms. The molecule has 1 N–H and O–H groups in total. The van der Waals surface area contributed by atoms with Crippen LogP contribution < -0.4 is 0 Å². The van der Waals surface area contributed by atoms with Gasteiger partial charge in [-0.05, 0) is 26.2 Å². The summed E-state index contributed by atoms with van der Waals surface area (Å²) >= 11 is 0. The fourth-order valence-corrected chi connectivity index (χ4v) is 3.29. The first-order valence-electron chi connectivity index (χ1n) is 8.41. The van der Waals surface area contributed by atoms with Gasteiger partial charge in [0.25, 0.3) is 5.91 Å². The van der Waals surface area contributed by atoms with E-state index >= 15 is 0 Å². The van der Waals surface area contributed by atoms with Crippen LogP contribution in [0.3, 0.4) is 0 Å². The number of phenols is 1. The average molecular weight is 362 g/mol. The number of likely N-dealkylation sites (N-methyl/N-ethyl adjacent to an activating group) is 1. The highest BCUT2D eigenvalue weighted by Gasteiger charge is 2.38. The monoisotopic (exact) mass is 362 g/mol. The van der Waals surface area contributed by atoms with Gasteiger partial charge in [0.1, 0.15) is 11.6 Å². The van der Waals surface area contributed by atoms with Crippen LogP contribution in [0, 0.1) is 5.82 Å². The number of hydrogen-bond donors (Lipinski definition) is 1. The number of hydrogen-bond acceptors (Lipinski definition) is 5. The molecule has 1 fully saturated rings. The Morgan fingerprint density at radius 3 is 2.85 bits per heavy atom. The molecule has 3 rings (SSSR count). The second-order valence-electron chi connectivity index (χ2n) is 6.73. The highest BCUT2D eigenvalue weighted by Crippen LogP contribution is 2.32. The summed E-state index contributed by atoms with van der Waals surface area (Å²) in [7, 11) is 5.67. The zero-order valence-corrected chi connectivity index (χ0v) is 15.1. The minimum absolute atomic E-state index is 0.0674. The first kappa shape index (κ1) is 18.3. The Bertz CT molecular complexity index is 792. The minimum Gasteiger partial charge on any atom is -0.508 e. The molecule has 1 aliphatic rings. The standard InChI is InChI=1S/C18H23FN4O3/c1-21(2)11-16-17(12-9-20-22(3)10-12)23(6-7-26-16)18(25)14-5-4-13(24)8-15(14)19/h4-5,8-10,16-17,24H,6-7,11H2,1-3H3/t16-,17-/m0/s1. The van der Waals surface area contributed by atoms with E-state index in [0.717, 1.165) is 11.6 Å². The summed E-state index contributed by atoms with van der Waals surface area (Å²) in [6, 6.07) is 3.20. The Labute approximate surface area is 151 Å². The lowest BCUT2D eigenvalue weighted by Gasteiger charge is -2.41. The van der Waals surface area contributed by atoms with Crippen molar-refractivity contribution in [3.63, 3.8) is 0 Å². The molecule has 1 amide bonds. The van der Waals surface area contributed by atoms with Crippen molar-refractivity contribution < 1.29 is 19.0 Å². The molecule has 2 aromatic rings. The fourth-order valence-electron chi connectivity index (χ4n) is 3.29. The van der Waals surface area contributed by atoms with Crippen LogP contribution in [-0.2, 0) is 11.8 Å². The fraction of sp³-hybridized carbons (Fsp3) is 0.444. The van der Waals surface area contributed by atoms with Gasteiger partial charge in [0.15, 0.2) is 0 Å². The summed E-state index contributed by atoms with van der Waals surface area (Å²) in [4.78, 5) is 16.7. The SMILES string of the molecule is CN(C)C[C@@H]1OCCN(C(=O)c2ccc(O)cc2F)[C@H]1c1cnn(C)c1. The van der Waals surface area contributed by atoms with Crippen LogP contribution in [0.1, 0.15) is 22.0 Å². The van der Waals surface area contributed by atoms with Crippen LogP contribution in [0.4, 0.5) is 4.39 Å². The molecule has 1 aliphatic heterocycles. The van der Waals surface area contributed by atoms with Crippen LogP contribution in [0.25, 0.3) is 0 Å². The molecular formula is C18H23FN4O3. The molecule has 0 unspecified atom stereocenters. The Hall–Kier alpha value is -2.45. The summed E-state index contributed by atoms with van der Waals surface area (Å²) in [5.41, 5.74) is 0.772. The Morgan fingerprint density at radius 2 is 2.23 bits per heavy atom. The topological polar surface area (TPSA) is 70.8 Å². The van der Waals surface area contributed by atoms with E-state index in [1.165, 1.54) is 12.1 Å². The number of aryl methyl sites for hydroxylation is 1. The predicted molar refractivity (Wildman–Crippen MR) is 93.3 cm³/mol. The van der Waals surface area contributed by atoms with Crippen LogP contribution in [0.15, 0.2) is 30.6 Å². The van der Waals surface area contributed by atoms with E-state index in [-0.39, 0.29) is 23.5 Å². The third-order valence-electron chi connectivity index (χ3n) is 4.41. The highest BCUT2D eigenvalue weighted by molar-refractivity contribution is 5.95. The molecule has 0 spiro atoms. The van der Waals surface area contributed by atoms with Gasteiger partial charge in [0.2, 0.25) is 0 Å². The molecule has 26 heavy (non-hydrogen) atoms. The number of phenolic OH excluding ortho intramolecular Hbond substituents is 1. The van der Waals surface area contributed by atoms with Crippen LogP contribution >= 0.6 is 0 Å². The molecule has 1 aromatic carbocycles. The molecule has 0 aliphatic carbocycles. The molecule has 0 saturated carbocycles. The maximum Gasteiger partial charge on any atom is 0.257 e. The zero-order valence-electron chi connectivity index (χ0n) is 15.1. The number of aromatic nitrogens is 2. The number of morpholine rings is 1. The van der Waals surface area contributed by atoms with Gasteiger partial charge in [-0.15, -0.1) is 0 Å². The molecular weight excluding hydrogens is 339 g/mol. The van der Waals surface area contributed by atoms with Crippen LogP contribution in [0.5, 0.6) is 5.75 Å². The van der Waals surface area contributed by atoms with Crippen LogP contribution in [0.2, 0.25) is 0 Å². The van der Waals surface area contributed by atoms with Gasteiger partial charge < -0.3 is 19.6 Å². The van der Waals surface area contributed by atoms with E-state index < -0.39 is 11.7 Å². The van der Waals surface area contributed by atoms with Crippen molar-refractivity contribution in [3.05, 3.63) is 47.5 Å². The van der Waals surface area contributed by atoms with E-state index in [1.54, 1.807) is 22.8 Å². The number of amides is 1. The summed E-state index contributed by atoms with van der Waals surface area (Å²) in [6.07, 6.45) is 3.29. The molecule has 2 heterocycles. The largest absolute Gasteiger partial charge is 0.508 e. The molecule has 140 valence electrons. The summed E-state index contributed by atoms with van der Waals surface area (Å²) in [6.45, 7) is 1.34. The second kappa shape index (κ2) is 7.43. The number of rotatable bonds is 4. The zero-order chi connectivity index (χ0) is 18.8. The second-order valence-corrected chi connectivity index (χ2v) is 6.73. The smallest absolute Gasteiger partial charge is 0.257 e. The Balaban J connectivity index is 1.97. The first-order valence-corrected chi connectivity index (χ1v) is 8.41. The van der Waals surface area contributed by atoms with Crippen LogP contribution in [-0.4, -0.2) is 70.5 Å². The van der Waals surface area contributed by atoms with E-state index in [2.05, 4.69) is 5.10 Å². The quantitative estimate of drug-likeness (QED) is 0.891. The third-order valence-corrected chi connectivity index (χ3v) is 4.41. The number of carbonyl (C=O) groups excluding carboxylic acids is 1. The maximum atomic E-state index is 14.2. The lowest BCUT2D eigenvalue weighted by atomic mass is 9.99. The molecule has 7 nitrogen and oxygen atoms in total. The first-order chi connectivity index (χ1) is 12.4. The van der Waals surface area contributed by atoms with Gasteiger partial charge >= 0.3 is 0 Å².